The first-order chi connectivity index (χ1) is 13.7. The Morgan fingerprint density at radius 3 is 2.68 bits per heavy atom. The second-order valence-corrected chi connectivity index (χ2v) is 6.33. The molecule has 4 rings (SSSR count). The van der Waals surface area contributed by atoms with Crippen LogP contribution in [0.1, 0.15) is 16.1 Å². The summed E-state index contributed by atoms with van der Waals surface area (Å²) < 4.78 is 7.30. The molecule has 0 fully saturated rings. The van der Waals surface area contributed by atoms with Crippen molar-refractivity contribution in [2.24, 2.45) is 0 Å². The highest BCUT2D eigenvalue weighted by Crippen LogP contribution is 2.29. The number of methoxy groups -OCH3 is 1. The highest BCUT2D eigenvalue weighted by atomic mass is 16.5. The molecule has 6 nitrogen and oxygen atoms in total. The van der Waals surface area contributed by atoms with Gasteiger partial charge in [-0.25, -0.2) is 0 Å². The minimum Gasteiger partial charge on any atom is -0.496 e. The predicted molar refractivity (Wildman–Crippen MR) is 109 cm³/mol. The molecule has 0 spiro atoms. The number of carbonyl (C=O) groups is 1. The maximum atomic E-state index is 12.7. The molecule has 2 heterocycles. The first-order valence-corrected chi connectivity index (χ1v) is 8.94. The van der Waals surface area contributed by atoms with E-state index < -0.39 is 0 Å². The number of anilines is 1. The van der Waals surface area contributed by atoms with Gasteiger partial charge in [-0.15, -0.1) is 0 Å². The number of benzene rings is 2. The van der Waals surface area contributed by atoms with Crippen molar-refractivity contribution in [2.45, 2.75) is 6.54 Å². The average molecular weight is 372 g/mol. The molecular formula is C22H20N4O2. The third-order valence-electron chi connectivity index (χ3n) is 4.47. The fourth-order valence-electron chi connectivity index (χ4n) is 3.11. The Morgan fingerprint density at radius 2 is 1.86 bits per heavy atom. The Balaban J connectivity index is 1.51. The second kappa shape index (κ2) is 7.84. The van der Waals surface area contributed by atoms with Crippen molar-refractivity contribution in [2.75, 3.05) is 12.4 Å². The van der Waals surface area contributed by atoms with E-state index in [0.29, 0.717) is 18.1 Å². The summed E-state index contributed by atoms with van der Waals surface area (Å²) in [6.07, 6.45) is 1.90. The number of ether oxygens (including phenoxy) is 1. The number of para-hydroxylation sites is 1. The van der Waals surface area contributed by atoms with E-state index in [2.05, 4.69) is 15.5 Å². The summed E-state index contributed by atoms with van der Waals surface area (Å²) in [5.74, 6) is 0.984. The van der Waals surface area contributed by atoms with Crippen LogP contribution in [0.4, 0.5) is 5.82 Å². The molecule has 0 saturated heterocycles. The van der Waals surface area contributed by atoms with E-state index in [0.717, 1.165) is 22.6 Å². The van der Waals surface area contributed by atoms with E-state index in [1.165, 1.54) is 0 Å². The highest BCUT2D eigenvalue weighted by molar-refractivity contribution is 6.02. The van der Waals surface area contributed by atoms with Gasteiger partial charge in [0.05, 0.1) is 12.8 Å². The number of carbonyl (C=O) groups excluding carboxylic acids is 1. The van der Waals surface area contributed by atoms with Gasteiger partial charge in [-0.05, 0) is 29.8 Å². The van der Waals surface area contributed by atoms with Crippen LogP contribution < -0.4 is 10.1 Å². The molecule has 2 N–H and O–H groups in total. The van der Waals surface area contributed by atoms with Crippen molar-refractivity contribution in [3.63, 3.8) is 0 Å². The highest BCUT2D eigenvalue weighted by Gasteiger charge is 2.14. The summed E-state index contributed by atoms with van der Waals surface area (Å²) in [5, 5.41) is 10.0. The second-order valence-electron chi connectivity index (χ2n) is 6.33. The lowest BCUT2D eigenvalue weighted by Gasteiger charge is -2.09. The molecule has 0 aliphatic heterocycles. The van der Waals surface area contributed by atoms with Crippen LogP contribution in [0.5, 0.6) is 5.75 Å². The zero-order chi connectivity index (χ0) is 19.3. The van der Waals surface area contributed by atoms with E-state index >= 15 is 0 Å². The molecular weight excluding hydrogens is 352 g/mol. The summed E-state index contributed by atoms with van der Waals surface area (Å²) in [6, 6.07) is 23.1. The van der Waals surface area contributed by atoms with Gasteiger partial charge < -0.3 is 14.6 Å². The van der Waals surface area contributed by atoms with Gasteiger partial charge in [0.1, 0.15) is 11.4 Å². The van der Waals surface area contributed by atoms with Crippen molar-refractivity contribution >= 4 is 11.7 Å². The molecule has 0 unspecified atom stereocenters. The van der Waals surface area contributed by atoms with Crippen LogP contribution in [0.3, 0.4) is 0 Å². The molecule has 0 aliphatic carbocycles. The number of aromatic amines is 1. The molecule has 6 heteroatoms. The minimum atomic E-state index is -0.209. The van der Waals surface area contributed by atoms with Gasteiger partial charge in [0, 0.05) is 24.4 Å². The Morgan fingerprint density at radius 1 is 1.07 bits per heavy atom. The lowest BCUT2D eigenvalue weighted by atomic mass is 10.1. The van der Waals surface area contributed by atoms with Gasteiger partial charge in [-0.1, -0.05) is 42.5 Å². The zero-order valence-corrected chi connectivity index (χ0v) is 15.4. The third-order valence-corrected chi connectivity index (χ3v) is 4.47. The van der Waals surface area contributed by atoms with Crippen LogP contribution in [-0.2, 0) is 6.54 Å². The molecule has 0 aliphatic rings. The van der Waals surface area contributed by atoms with Crippen LogP contribution in [0.2, 0.25) is 0 Å². The lowest BCUT2D eigenvalue weighted by Crippen LogP contribution is -2.17. The summed E-state index contributed by atoms with van der Waals surface area (Å²) in [7, 11) is 1.62. The number of aromatic nitrogens is 3. The van der Waals surface area contributed by atoms with E-state index in [4.69, 9.17) is 4.74 Å². The van der Waals surface area contributed by atoms with Crippen molar-refractivity contribution in [3.8, 4) is 17.0 Å². The van der Waals surface area contributed by atoms with Gasteiger partial charge in [0.2, 0.25) is 0 Å². The molecule has 1 amide bonds. The summed E-state index contributed by atoms with van der Waals surface area (Å²) in [6.45, 7) is 0.629. The van der Waals surface area contributed by atoms with Crippen LogP contribution in [-0.4, -0.2) is 27.8 Å². The molecule has 0 radical (unpaired) electrons. The Bertz CT molecular complexity index is 1080. The van der Waals surface area contributed by atoms with Crippen LogP contribution >= 0.6 is 0 Å². The number of nitrogens with one attached hydrogen (secondary N) is 2. The first kappa shape index (κ1) is 17.6. The number of rotatable bonds is 6. The van der Waals surface area contributed by atoms with Gasteiger partial charge >= 0.3 is 0 Å². The summed E-state index contributed by atoms with van der Waals surface area (Å²) in [4.78, 5) is 12.7. The number of hydrogen-bond donors (Lipinski definition) is 2. The largest absolute Gasteiger partial charge is 0.496 e. The van der Waals surface area contributed by atoms with Gasteiger partial charge in [0.25, 0.3) is 5.91 Å². The molecule has 4 aromatic rings. The molecule has 2 aromatic heterocycles. The van der Waals surface area contributed by atoms with E-state index in [9.17, 15) is 4.79 Å². The Kier molecular flexibility index (Phi) is 4.93. The van der Waals surface area contributed by atoms with E-state index in [1.807, 2.05) is 71.4 Å². The van der Waals surface area contributed by atoms with E-state index in [-0.39, 0.29) is 5.91 Å². The van der Waals surface area contributed by atoms with Gasteiger partial charge in [-0.3, -0.25) is 9.89 Å². The monoisotopic (exact) mass is 372 g/mol. The quantitative estimate of drug-likeness (QED) is 0.533. The average Bonchev–Trinajstić information content (AvgIpc) is 3.38. The topological polar surface area (TPSA) is 71.9 Å². The third kappa shape index (κ3) is 3.66. The molecule has 28 heavy (non-hydrogen) atoms. The maximum Gasteiger partial charge on any atom is 0.273 e. The minimum absolute atomic E-state index is 0.209. The summed E-state index contributed by atoms with van der Waals surface area (Å²) in [5.41, 5.74) is 3.36. The molecule has 140 valence electrons. The Hall–Kier alpha value is -3.80. The number of hydrogen-bond acceptors (Lipinski definition) is 3. The Labute approximate surface area is 162 Å². The molecule has 0 atom stereocenters. The lowest BCUT2D eigenvalue weighted by molar-refractivity contribution is 0.101. The first-order valence-electron chi connectivity index (χ1n) is 8.94. The standard InChI is InChI=1S/C22H20N4O2/c1-28-20-12-6-5-10-17(20)18-14-21(25-24-18)23-22(27)19-11-7-13-26(19)15-16-8-3-2-4-9-16/h2-14H,15H2,1H3,(H2,23,24,25,27). The summed E-state index contributed by atoms with van der Waals surface area (Å²) >= 11 is 0. The number of H-pyrrole nitrogens is 1. The van der Waals surface area contributed by atoms with Crippen LogP contribution in [0.25, 0.3) is 11.3 Å². The van der Waals surface area contributed by atoms with E-state index in [1.54, 1.807) is 19.2 Å². The van der Waals surface area contributed by atoms with Gasteiger partial charge in [0.15, 0.2) is 5.82 Å². The van der Waals surface area contributed by atoms with Crippen LogP contribution in [0.15, 0.2) is 79.0 Å². The smallest absolute Gasteiger partial charge is 0.273 e. The SMILES string of the molecule is COc1ccccc1-c1cc(NC(=O)c2cccn2Cc2ccccc2)n[nH]1. The predicted octanol–water partition coefficient (Wildman–Crippen LogP) is 4.19. The van der Waals surface area contributed by atoms with Gasteiger partial charge in [-0.2, -0.15) is 5.10 Å². The maximum absolute atomic E-state index is 12.7. The van der Waals surface area contributed by atoms with Crippen molar-refractivity contribution in [1.29, 1.82) is 0 Å². The molecule has 0 saturated carbocycles. The van der Waals surface area contributed by atoms with Crippen molar-refractivity contribution < 1.29 is 9.53 Å². The molecule has 2 aromatic carbocycles. The van der Waals surface area contributed by atoms with Crippen molar-refractivity contribution in [1.82, 2.24) is 14.8 Å². The fraction of sp³-hybridized carbons (Fsp3) is 0.0909. The molecule has 0 bridgehead atoms. The number of nitrogens with zero attached hydrogens (tertiary/aromatic N) is 2. The fourth-order valence-corrected chi connectivity index (χ4v) is 3.11. The number of amides is 1. The zero-order valence-electron chi connectivity index (χ0n) is 15.4. The van der Waals surface area contributed by atoms with Crippen molar-refractivity contribution in [3.05, 3.63) is 90.3 Å². The normalized spacial score (nSPS) is 10.6. The van der Waals surface area contributed by atoms with Crippen LogP contribution in [0, 0.1) is 0 Å².